The monoisotopic (exact) mass is 385 g/mol. The highest BCUT2D eigenvalue weighted by Crippen LogP contribution is 2.42. The number of ether oxygens (including phenoxy) is 5. The summed E-state index contributed by atoms with van der Waals surface area (Å²) in [5, 5.41) is 0. The predicted molar refractivity (Wildman–Crippen MR) is 105 cm³/mol. The maximum absolute atomic E-state index is 5.89. The van der Waals surface area contributed by atoms with Crippen molar-refractivity contribution in [3.05, 3.63) is 47.5 Å². The van der Waals surface area contributed by atoms with Crippen molar-refractivity contribution in [1.82, 2.24) is 4.90 Å². The molecule has 0 bridgehead atoms. The molecule has 0 amide bonds. The molecule has 1 saturated heterocycles. The molecule has 4 rings (SSSR count). The van der Waals surface area contributed by atoms with E-state index in [-0.39, 0.29) is 12.9 Å². The largest absolute Gasteiger partial charge is 0.497 e. The van der Waals surface area contributed by atoms with E-state index in [1.165, 1.54) is 5.56 Å². The van der Waals surface area contributed by atoms with Gasteiger partial charge in [0, 0.05) is 26.2 Å². The number of hydrogen-bond acceptors (Lipinski definition) is 6. The molecule has 1 atom stereocenters. The number of benzene rings is 2. The van der Waals surface area contributed by atoms with E-state index in [0.717, 1.165) is 56.1 Å². The first kappa shape index (κ1) is 18.9. The van der Waals surface area contributed by atoms with E-state index in [1.807, 2.05) is 24.3 Å². The smallest absolute Gasteiger partial charge is 0.231 e. The van der Waals surface area contributed by atoms with Crippen LogP contribution in [0.2, 0.25) is 0 Å². The summed E-state index contributed by atoms with van der Waals surface area (Å²) in [4.78, 5) is 2.40. The van der Waals surface area contributed by atoms with E-state index in [1.54, 1.807) is 14.2 Å². The lowest BCUT2D eigenvalue weighted by Crippen LogP contribution is -2.31. The zero-order valence-electron chi connectivity index (χ0n) is 16.5. The average molecular weight is 385 g/mol. The molecule has 0 spiro atoms. The standard InChI is InChI=1S/C22H27NO5/c1-24-18-6-3-5-16(9-18)12-23(14-19-7-4-8-26-19)13-17-10-20(25-2)22-21(11-17)27-15-28-22/h3,5-6,9-11,19H,4,7-8,12-15H2,1-2H3. The molecule has 28 heavy (non-hydrogen) atoms. The van der Waals surface area contributed by atoms with Crippen LogP contribution in [0, 0.1) is 0 Å². The van der Waals surface area contributed by atoms with Crippen molar-refractivity contribution >= 4 is 0 Å². The Morgan fingerprint density at radius 3 is 2.71 bits per heavy atom. The Morgan fingerprint density at radius 2 is 1.93 bits per heavy atom. The van der Waals surface area contributed by atoms with Gasteiger partial charge in [0.1, 0.15) is 5.75 Å². The average Bonchev–Trinajstić information content (AvgIpc) is 3.39. The second kappa shape index (κ2) is 8.71. The lowest BCUT2D eigenvalue weighted by molar-refractivity contribution is 0.0678. The maximum Gasteiger partial charge on any atom is 0.231 e. The lowest BCUT2D eigenvalue weighted by Gasteiger charge is -2.26. The van der Waals surface area contributed by atoms with E-state index in [9.17, 15) is 0 Å². The number of nitrogens with zero attached hydrogens (tertiary/aromatic N) is 1. The third kappa shape index (κ3) is 4.34. The Balaban J connectivity index is 1.54. The normalized spacial score (nSPS) is 17.9. The molecule has 0 aromatic heterocycles. The summed E-state index contributed by atoms with van der Waals surface area (Å²) in [5.74, 6) is 3.01. The highest BCUT2D eigenvalue weighted by molar-refractivity contribution is 5.55. The molecule has 2 aromatic carbocycles. The second-order valence-electron chi connectivity index (χ2n) is 7.19. The Hall–Kier alpha value is -2.44. The molecule has 0 N–H and O–H groups in total. The minimum absolute atomic E-state index is 0.235. The highest BCUT2D eigenvalue weighted by Gasteiger charge is 2.23. The molecular formula is C22H27NO5. The van der Waals surface area contributed by atoms with Crippen LogP contribution in [0.15, 0.2) is 36.4 Å². The van der Waals surface area contributed by atoms with Crippen molar-refractivity contribution in [3.63, 3.8) is 0 Å². The zero-order valence-corrected chi connectivity index (χ0v) is 16.5. The fraction of sp³-hybridized carbons (Fsp3) is 0.455. The SMILES string of the molecule is COc1cccc(CN(Cc2cc(OC)c3c(c2)OCO3)CC2CCCO2)c1. The van der Waals surface area contributed by atoms with Gasteiger partial charge in [0.25, 0.3) is 0 Å². The number of rotatable bonds is 8. The molecular weight excluding hydrogens is 358 g/mol. The van der Waals surface area contributed by atoms with Crippen LogP contribution in [-0.2, 0) is 17.8 Å². The van der Waals surface area contributed by atoms with Crippen molar-refractivity contribution in [2.45, 2.75) is 32.0 Å². The third-order valence-electron chi connectivity index (χ3n) is 5.15. The van der Waals surface area contributed by atoms with Gasteiger partial charge in [0.2, 0.25) is 12.5 Å². The summed E-state index contributed by atoms with van der Waals surface area (Å²) >= 11 is 0. The first-order valence-electron chi connectivity index (χ1n) is 9.68. The summed E-state index contributed by atoms with van der Waals surface area (Å²) in [5.41, 5.74) is 2.34. The van der Waals surface area contributed by atoms with Gasteiger partial charge in [-0.15, -0.1) is 0 Å². The molecule has 0 saturated carbocycles. The third-order valence-corrected chi connectivity index (χ3v) is 5.15. The Kier molecular flexibility index (Phi) is 5.88. The van der Waals surface area contributed by atoms with Crippen molar-refractivity contribution < 1.29 is 23.7 Å². The second-order valence-corrected chi connectivity index (χ2v) is 7.19. The molecule has 2 heterocycles. The van der Waals surface area contributed by atoms with Gasteiger partial charge in [-0.2, -0.15) is 0 Å². The van der Waals surface area contributed by atoms with Crippen LogP contribution in [0.1, 0.15) is 24.0 Å². The molecule has 150 valence electrons. The minimum Gasteiger partial charge on any atom is -0.497 e. The van der Waals surface area contributed by atoms with Gasteiger partial charge >= 0.3 is 0 Å². The lowest BCUT2D eigenvalue weighted by atomic mass is 10.1. The summed E-state index contributed by atoms with van der Waals surface area (Å²) in [6.07, 6.45) is 2.52. The first-order chi connectivity index (χ1) is 13.7. The molecule has 1 fully saturated rings. The molecule has 2 aliphatic rings. The fourth-order valence-electron chi connectivity index (χ4n) is 3.82. The summed E-state index contributed by atoms with van der Waals surface area (Å²) < 4.78 is 27.9. The van der Waals surface area contributed by atoms with Gasteiger partial charge in [-0.05, 0) is 48.2 Å². The van der Waals surface area contributed by atoms with E-state index >= 15 is 0 Å². The van der Waals surface area contributed by atoms with Gasteiger partial charge in [0.05, 0.1) is 20.3 Å². The Bertz CT molecular complexity index is 804. The van der Waals surface area contributed by atoms with Crippen LogP contribution < -0.4 is 18.9 Å². The van der Waals surface area contributed by atoms with E-state index in [4.69, 9.17) is 23.7 Å². The van der Waals surface area contributed by atoms with Gasteiger partial charge in [0.15, 0.2) is 11.5 Å². The molecule has 1 unspecified atom stereocenters. The fourth-order valence-corrected chi connectivity index (χ4v) is 3.82. The van der Waals surface area contributed by atoms with Crippen LogP contribution in [0.4, 0.5) is 0 Å². The molecule has 2 aliphatic heterocycles. The van der Waals surface area contributed by atoms with Crippen LogP contribution in [0.5, 0.6) is 23.0 Å². The molecule has 0 aliphatic carbocycles. The topological polar surface area (TPSA) is 49.4 Å². The number of methoxy groups -OCH3 is 2. The molecule has 0 radical (unpaired) electrons. The van der Waals surface area contributed by atoms with E-state index in [0.29, 0.717) is 11.5 Å². The van der Waals surface area contributed by atoms with Crippen molar-refractivity contribution in [2.24, 2.45) is 0 Å². The zero-order chi connectivity index (χ0) is 19.3. The predicted octanol–water partition coefficient (Wildman–Crippen LogP) is 3.61. The first-order valence-corrected chi connectivity index (χ1v) is 9.68. The highest BCUT2D eigenvalue weighted by atomic mass is 16.7. The van der Waals surface area contributed by atoms with E-state index in [2.05, 4.69) is 17.0 Å². The summed E-state index contributed by atoms with van der Waals surface area (Å²) in [7, 11) is 3.35. The van der Waals surface area contributed by atoms with Crippen LogP contribution in [-0.4, -0.2) is 45.2 Å². The van der Waals surface area contributed by atoms with Crippen LogP contribution >= 0.6 is 0 Å². The van der Waals surface area contributed by atoms with Crippen molar-refractivity contribution in [2.75, 3.05) is 34.2 Å². The van der Waals surface area contributed by atoms with Gasteiger partial charge in [-0.3, -0.25) is 4.90 Å². The maximum atomic E-state index is 5.89. The number of fused-ring (bicyclic) bond motifs is 1. The van der Waals surface area contributed by atoms with Crippen LogP contribution in [0.3, 0.4) is 0 Å². The Morgan fingerprint density at radius 1 is 1.04 bits per heavy atom. The van der Waals surface area contributed by atoms with Crippen LogP contribution in [0.25, 0.3) is 0 Å². The minimum atomic E-state index is 0.235. The Labute approximate surface area is 165 Å². The van der Waals surface area contributed by atoms with Crippen molar-refractivity contribution in [1.29, 1.82) is 0 Å². The van der Waals surface area contributed by atoms with Gasteiger partial charge in [-0.25, -0.2) is 0 Å². The van der Waals surface area contributed by atoms with Gasteiger partial charge < -0.3 is 23.7 Å². The molecule has 6 heteroatoms. The summed E-state index contributed by atoms with van der Waals surface area (Å²) in [6, 6.07) is 12.3. The number of hydrogen-bond donors (Lipinski definition) is 0. The molecule has 6 nitrogen and oxygen atoms in total. The van der Waals surface area contributed by atoms with Crippen molar-refractivity contribution in [3.8, 4) is 23.0 Å². The summed E-state index contributed by atoms with van der Waals surface area (Å²) in [6.45, 7) is 3.56. The van der Waals surface area contributed by atoms with Gasteiger partial charge in [-0.1, -0.05) is 12.1 Å². The molecule has 2 aromatic rings. The quantitative estimate of drug-likeness (QED) is 0.692. The van der Waals surface area contributed by atoms with E-state index < -0.39 is 0 Å².